The highest BCUT2D eigenvalue weighted by Crippen LogP contribution is 2.33. The summed E-state index contributed by atoms with van der Waals surface area (Å²) in [5.74, 6) is -0.490. The summed E-state index contributed by atoms with van der Waals surface area (Å²) in [4.78, 5) is 24.4. The van der Waals surface area contributed by atoms with Gasteiger partial charge < -0.3 is 4.74 Å². The summed E-state index contributed by atoms with van der Waals surface area (Å²) < 4.78 is 5.23. The maximum Gasteiger partial charge on any atom is 0.351 e. The van der Waals surface area contributed by atoms with Crippen molar-refractivity contribution in [1.29, 1.82) is 0 Å². The Balaban J connectivity index is 2.26. The summed E-state index contributed by atoms with van der Waals surface area (Å²) in [5.41, 5.74) is 1.76. The van der Waals surface area contributed by atoms with Crippen LogP contribution in [0.25, 0.3) is 0 Å². The van der Waals surface area contributed by atoms with Gasteiger partial charge in [-0.15, -0.1) is 0 Å². The van der Waals surface area contributed by atoms with Crippen LogP contribution in [0.15, 0.2) is 15.6 Å². The summed E-state index contributed by atoms with van der Waals surface area (Å²) in [7, 11) is 1.30. The van der Waals surface area contributed by atoms with E-state index in [0.717, 1.165) is 22.7 Å². The van der Waals surface area contributed by atoms with E-state index in [4.69, 9.17) is 11.6 Å². The van der Waals surface area contributed by atoms with Crippen molar-refractivity contribution in [3.63, 3.8) is 0 Å². The van der Waals surface area contributed by atoms with E-state index in [1.807, 2.05) is 19.9 Å². The SMILES string of the molecule is COC(=O)c1sc(Sc2nc(C)cc(C)n2)nc1Cl. The van der Waals surface area contributed by atoms with Gasteiger partial charge >= 0.3 is 5.97 Å². The Kier molecular flexibility index (Phi) is 4.38. The minimum absolute atomic E-state index is 0.142. The molecule has 0 fully saturated rings. The number of thiazole rings is 1. The number of nitrogens with zero attached hydrogens (tertiary/aromatic N) is 3. The summed E-state index contributed by atoms with van der Waals surface area (Å²) in [5, 5.41) is 0.725. The molecule has 0 aliphatic rings. The fraction of sp³-hybridized carbons (Fsp3) is 0.273. The van der Waals surface area contributed by atoms with Crippen LogP contribution in [0.2, 0.25) is 5.15 Å². The second kappa shape index (κ2) is 5.85. The summed E-state index contributed by atoms with van der Waals surface area (Å²) in [6.07, 6.45) is 0. The molecule has 0 aromatic carbocycles. The lowest BCUT2D eigenvalue weighted by Crippen LogP contribution is -1.98. The molecule has 0 saturated carbocycles. The standard InChI is InChI=1S/C11H10ClN3O2S2/c1-5-4-6(2)14-10(13-5)19-11-15-8(12)7(18-11)9(16)17-3/h4H,1-3H3. The number of aryl methyl sites for hydroxylation is 2. The zero-order valence-corrected chi connectivity index (χ0v) is 12.8. The topological polar surface area (TPSA) is 65.0 Å². The number of hydrogen-bond donors (Lipinski definition) is 0. The first-order valence-electron chi connectivity index (χ1n) is 5.24. The first-order chi connectivity index (χ1) is 8.99. The smallest absolute Gasteiger partial charge is 0.351 e. The highest BCUT2D eigenvalue weighted by atomic mass is 35.5. The average Bonchev–Trinajstić information content (AvgIpc) is 2.68. The van der Waals surface area contributed by atoms with Gasteiger partial charge in [0, 0.05) is 11.4 Å². The lowest BCUT2D eigenvalue weighted by Gasteiger charge is -1.99. The molecule has 0 N–H and O–H groups in total. The van der Waals surface area contributed by atoms with E-state index in [1.165, 1.54) is 18.9 Å². The molecule has 0 aliphatic carbocycles. The van der Waals surface area contributed by atoms with E-state index in [-0.39, 0.29) is 10.0 Å². The number of halogens is 1. The van der Waals surface area contributed by atoms with E-state index in [0.29, 0.717) is 9.50 Å². The molecule has 2 heterocycles. The van der Waals surface area contributed by atoms with Crippen molar-refractivity contribution in [2.75, 3.05) is 7.11 Å². The van der Waals surface area contributed by atoms with Gasteiger partial charge in [0.05, 0.1) is 7.11 Å². The molecule has 0 bridgehead atoms. The Morgan fingerprint density at radius 2 is 1.95 bits per heavy atom. The van der Waals surface area contributed by atoms with Crippen molar-refractivity contribution in [2.45, 2.75) is 23.3 Å². The van der Waals surface area contributed by atoms with Crippen molar-refractivity contribution in [1.82, 2.24) is 15.0 Å². The molecular formula is C11H10ClN3O2S2. The molecule has 0 saturated heterocycles. The lowest BCUT2D eigenvalue weighted by atomic mass is 10.4. The number of rotatable bonds is 3. The lowest BCUT2D eigenvalue weighted by molar-refractivity contribution is 0.0606. The molecule has 0 atom stereocenters. The van der Waals surface area contributed by atoms with Crippen LogP contribution in [0.4, 0.5) is 0 Å². The molecular weight excluding hydrogens is 306 g/mol. The Morgan fingerprint density at radius 3 is 2.53 bits per heavy atom. The minimum Gasteiger partial charge on any atom is -0.465 e. The van der Waals surface area contributed by atoms with Crippen molar-refractivity contribution in [2.24, 2.45) is 0 Å². The number of aromatic nitrogens is 3. The second-order valence-corrected chi connectivity index (χ2v) is 6.20. The van der Waals surface area contributed by atoms with Gasteiger partial charge in [-0.2, -0.15) is 0 Å². The van der Waals surface area contributed by atoms with Gasteiger partial charge in [-0.3, -0.25) is 0 Å². The number of hydrogen-bond acceptors (Lipinski definition) is 7. The highest BCUT2D eigenvalue weighted by molar-refractivity contribution is 8.00. The molecule has 8 heteroatoms. The van der Waals surface area contributed by atoms with Gasteiger partial charge in [0.1, 0.15) is 0 Å². The van der Waals surface area contributed by atoms with E-state index >= 15 is 0 Å². The normalized spacial score (nSPS) is 10.5. The van der Waals surface area contributed by atoms with E-state index in [9.17, 15) is 4.79 Å². The Labute approximate surface area is 123 Å². The number of carbonyl (C=O) groups excluding carboxylic acids is 1. The predicted molar refractivity (Wildman–Crippen MR) is 74.1 cm³/mol. The van der Waals surface area contributed by atoms with E-state index in [1.54, 1.807) is 0 Å². The number of carbonyl (C=O) groups is 1. The molecule has 0 unspecified atom stereocenters. The van der Waals surface area contributed by atoms with Crippen LogP contribution >= 0.6 is 34.7 Å². The molecule has 0 spiro atoms. The number of methoxy groups -OCH3 is 1. The number of ether oxygens (including phenoxy) is 1. The number of esters is 1. The van der Waals surface area contributed by atoms with Crippen LogP contribution < -0.4 is 0 Å². The zero-order valence-electron chi connectivity index (χ0n) is 10.4. The van der Waals surface area contributed by atoms with Gasteiger partial charge in [0.25, 0.3) is 0 Å². The summed E-state index contributed by atoms with van der Waals surface area (Å²) >= 11 is 8.33. The molecule has 5 nitrogen and oxygen atoms in total. The zero-order chi connectivity index (χ0) is 14.0. The predicted octanol–water partition coefficient (Wildman–Crippen LogP) is 3.14. The molecule has 0 aliphatic heterocycles. The maximum atomic E-state index is 11.4. The molecule has 19 heavy (non-hydrogen) atoms. The first kappa shape index (κ1) is 14.2. The van der Waals surface area contributed by atoms with E-state index < -0.39 is 5.97 Å². The van der Waals surface area contributed by atoms with Gasteiger partial charge in [0.2, 0.25) is 0 Å². The molecule has 2 rings (SSSR count). The van der Waals surface area contributed by atoms with Gasteiger partial charge in [0.15, 0.2) is 19.5 Å². The third kappa shape index (κ3) is 3.43. The van der Waals surface area contributed by atoms with Crippen LogP contribution in [-0.2, 0) is 4.74 Å². The Hall–Kier alpha value is -1.18. The van der Waals surface area contributed by atoms with Gasteiger partial charge in [-0.25, -0.2) is 19.7 Å². The molecule has 2 aromatic rings. The fourth-order valence-electron chi connectivity index (χ4n) is 1.36. The average molecular weight is 316 g/mol. The van der Waals surface area contributed by atoms with Crippen molar-refractivity contribution >= 4 is 40.7 Å². The molecule has 2 aromatic heterocycles. The summed E-state index contributed by atoms with van der Waals surface area (Å²) in [6, 6.07) is 1.89. The third-order valence-corrected chi connectivity index (χ3v) is 4.42. The molecule has 0 radical (unpaired) electrons. The fourth-order valence-corrected chi connectivity index (χ4v) is 3.66. The summed E-state index contributed by atoms with van der Waals surface area (Å²) in [6.45, 7) is 3.79. The third-order valence-electron chi connectivity index (χ3n) is 2.08. The molecule has 100 valence electrons. The van der Waals surface area contributed by atoms with Gasteiger partial charge in [-0.1, -0.05) is 22.9 Å². The molecule has 0 amide bonds. The van der Waals surface area contributed by atoms with Crippen LogP contribution in [0.1, 0.15) is 21.1 Å². The van der Waals surface area contributed by atoms with Gasteiger partial charge in [-0.05, 0) is 31.7 Å². The Bertz CT molecular complexity index is 610. The van der Waals surface area contributed by atoms with Crippen LogP contribution in [-0.4, -0.2) is 28.0 Å². The van der Waals surface area contributed by atoms with Crippen LogP contribution in [0, 0.1) is 13.8 Å². The second-order valence-electron chi connectivity index (χ2n) is 3.63. The highest BCUT2D eigenvalue weighted by Gasteiger charge is 2.18. The Morgan fingerprint density at radius 1 is 1.32 bits per heavy atom. The maximum absolute atomic E-state index is 11.4. The monoisotopic (exact) mass is 315 g/mol. The first-order valence-corrected chi connectivity index (χ1v) is 7.25. The van der Waals surface area contributed by atoms with Crippen LogP contribution in [0.3, 0.4) is 0 Å². The van der Waals surface area contributed by atoms with Crippen molar-refractivity contribution < 1.29 is 9.53 Å². The minimum atomic E-state index is -0.490. The van der Waals surface area contributed by atoms with Crippen LogP contribution in [0.5, 0.6) is 0 Å². The largest absolute Gasteiger partial charge is 0.465 e. The van der Waals surface area contributed by atoms with E-state index in [2.05, 4.69) is 19.7 Å². The quantitative estimate of drug-likeness (QED) is 0.640. The van der Waals surface area contributed by atoms with Crippen molar-refractivity contribution in [3.8, 4) is 0 Å². The van der Waals surface area contributed by atoms with Crippen molar-refractivity contribution in [3.05, 3.63) is 27.5 Å².